The average molecular weight is 253 g/mol. The molecular weight excluding hydrogens is 222 g/mol. The Morgan fingerprint density at radius 2 is 1.78 bits per heavy atom. The third-order valence-electron chi connectivity index (χ3n) is 3.62. The second-order valence-corrected chi connectivity index (χ2v) is 6.56. The van der Waals surface area contributed by atoms with Gasteiger partial charge in [0.15, 0.2) is 0 Å². The van der Waals surface area contributed by atoms with Crippen LogP contribution in [0, 0.1) is 0 Å². The lowest BCUT2D eigenvalue weighted by Gasteiger charge is -2.44. The first-order chi connectivity index (χ1) is 8.37. The molecule has 18 heavy (non-hydrogen) atoms. The number of hydrogen-bond acceptors (Lipinski definition) is 3. The highest BCUT2D eigenvalue weighted by Crippen LogP contribution is 2.22. The van der Waals surface area contributed by atoms with E-state index in [4.69, 9.17) is 5.73 Å². The topological polar surface area (TPSA) is 50.1 Å². The molecule has 1 aliphatic rings. The van der Waals surface area contributed by atoms with Crippen LogP contribution in [0.15, 0.2) is 12.2 Å². The molecule has 0 fully saturated rings. The molecule has 0 spiro atoms. The Kier molecular flexibility index (Phi) is 5.83. The van der Waals surface area contributed by atoms with Crippen molar-refractivity contribution in [1.82, 2.24) is 10.6 Å². The monoisotopic (exact) mass is 253 g/mol. The molecular formula is C15H31N3. The minimum Gasteiger partial charge on any atom is -0.330 e. The highest BCUT2D eigenvalue weighted by atomic mass is 15.1. The molecule has 1 aliphatic heterocycles. The number of hydrogen-bond donors (Lipinski definition) is 3. The molecule has 3 nitrogen and oxygen atoms in total. The van der Waals surface area contributed by atoms with Crippen LogP contribution in [0.2, 0.25) is 0 Å². The summed E-state index contributed by atoms with van der Waals surface area (Å²) in [5.41, 5.74) is 5.69. The van der Waals surface area contributed by atoms with Gasteiger partial charge in [0, 0.05) is 17.1 Å². The van der Waals surface area contributed by atoms with Crippen LogP contribution in [0.3, 0.4) is 0 Å². The lowest BCUT2D eigenvalue weighted by molar-refractivity contribution is 0.239. The molecule has 0 radical (unpaired) electrons. The molecule has 106 valence electrons. The van der Waals surface area contributed by atoms with Gasteiger partial charge in [0.1, 0.15) is 0 Å². The average Bonchev–Trinajstić information content (AvgIpc) is 2.23. The van der Waals surface area contributed by atoms with Crippen molar-refractivity contribution in [2.45, 2.75) is 70.5 Å². The first-order valence-corrected chi connectivity index (χ1v) is 7.29. The summed E-state index contributed by atoms with van der Waals surface area (Å²) >= 11 is 0. The van der Waals surface area contributed by atoms with Crippen LogP contribution in [0.1, 0.15) is 53.4 Å². The summed E-state index contributed by atoms with van der Waals surface area (Å²) in [5, 5.41) is 7.32. The summed E-state index contributed by atoms with van der Waals surface area (Å²) in [4.78, 5) is 0. The Balaban J connectivity index is 2.29. The molecule has 1 rings (SSSR count). The summed E-state index contributed by atoms with van der Waals surface area (Å²) in [7, 11) is 0. The van der Waals surface area contributed by atoms with Gasteiger partial charge in [-0.15, -0.1) is 0 Å². The van der Waals surface area contributed by atoms with Crippen molar-refractivity contribution in [2.75, 3.05) is 13.1 Å². The predicted molar refractivity (Wildman–Crippen MR) is 79.7 cm³/mol. The van der Waals surface area contributed by atoms with Gasteiger partial charge >= 0.3 is 0 Å². The molecule has 0 saturated heterocycles. The van der Waals surface area contributed by atoms with Crippen molar-refractivity contribution < 1.29 is 0 Å². The zero-order chi connectivity index (χ0) is 13.6. The third-order valence-corrected chi connectivity index (χ3v) is 3.62. The molecule has 4 N–H and O–H groups in total. The maximum absolute atomic E-state index is 5.49. The van der Waals surface area contributed by atoms with E-state index in [0.717, 1.165) is 19.5 Å². The molecule has 0 amide bonds. The standard InChI is InChI=1S/C15H31N3/c1-14(2)10-9-13(15(3,4)18-14)17-12-8-6-5-7-11-16/h9-10,13,17-18H,5-8,11-12,16H2,1-4H3. The smallest absolute Gasteiger partial charge is 0.0430 e. The normalized spacial score (nSPS) is 25.3. The molecule has 3 heteroatoms. The van der Waals surface area contributed by atoms with Gasteiger partial charge in [-0.05, 0) is 53.6 Å². The van der Waals surface area contributed by atoms with Gasteiger partial charge in [0.2, 0.25) is 0 Å². The molecule has 1 heterocycles. The third kappa shape index (κ3) is 5.09. The van der Waals surface area contributed by atoms with Crippen molar-refractivity contribution in [3.8, 4) is 0 Å². The fourth-order valence-corrected chi connectivity index (χ4v) is 2.73. The molecule has 0 aromatic rings. The van der Waals surface area contributed by atoms with Crippen molar-refractivity contribution in [1.29, 1.82) is 0 Å². The van der Waals surface area contributed by atoms with E-state index in [2.05, 4.69) is 50.5 Å². The van der Waals surface area contributed by atoms with Crippen molar-refractivity contribution in [3.05, 3.63) is 12.2 Å². The Morgan fingerprint density at radius 3 is 2.39 bits per heavy atom. The van der Waals surface area contributed by atoms with Crippen LogP contribution in [0.5, 0.6) is 0 Å². The highest BCUT2D eigenvalue weighted by molar-refractivity contribution is 5.18. The molecule has 0 aliphatic carbocycles. The predicted octanol–water partition coefficient (Wildman–Crippen LogP) is 2.18. The van der Waals surface area contributed by atoms with Crippen molar-refractivity contribution in [2.24, 2.45) is 5.73 Å². The summed E-state index contributed by atoms with van der Waals surface area (Å²) < 4.78 is 0. The van der Waals surface area contributed by atoms with Gasteiger partial charge in [0.05, 0.1) is 0 Å². The largest absolute Gasteiger partial charge is 0.330 e. The summed E-state index contributed by atoms with van der Waals surface area (Å²) in [6.07, 6.45) is 9.52. The van der Waals surface area contributed by atoms with Crippen LogP contribution in [-0.4, -0.2) is 30.2 Å². The van der Waals surface area contributed by atoms with Crippen LogP contribution in [0.4, 0.5) is 0 Å². The maximum Gasteiger partial charge on any atom is 0.0430 e. The fraction of sp³-hybridized carbons (Fsp3) is 0.867. The number of rotatable bonds is 7. The van der Waals surface area contributed by atoms with Gasteiger partial charge in [-0.25, -0.2) is 0 Å². The zero-order valence-electron chi connectivity index (χ0n) is 12.6. The van der Waals surface area contributed by atoms with Crippen LogP contribution in [0.25, 0.3) is 0 Å². The Bertz CT molecular complexity index is 269. The lowest BCUT2D eigenvalue weighted by atomic mass is 9.84. The van der Waals surface area contributed by atoms with E-state index in [1.807, 2.05) is 0 Å². The minimum atomic E-state index is 0.100. The van der Waals surface area contributed by atoms with E-state index < -0.39 is 0 Å². The number of nitrogens with one attached hydrogen (secondary N) is 2. The SMILES string of the molecule is CC1(C)C=CC(NCCCCCCN)C(C)(C)N1. The summed E-state index contributed by atoms with van der Waals surface area (Å²) in [6.45, 7) is 10.9. The minimum absolute atomic E-state index is 0.100. The van der Waals surface area contributed by atoms with Gasteiger partial charge in [0.25, 0.3) is 0 Å². The van der Waals surface area contributed by atoms with Gasteiger partial charge in [-0.1, -0.05) is 25.0 Å². The fourth-order valence-electron chi connectivity index (χ4n) is 2.73. The van der Waals surface area contributed by atoms with Gasteiger partial charge in [-0.3, -0.25) is 0 Å². The first-order valence-electron chi connectivity index (χ1n) is 7.29. The van der Waals surface area contributed by atoms with E-state index >= 15 is 0 Å². The molecule has 0 saturated carbocycles. The van der Waals surface area contributed by atoms with E-state index in [1.54, 1.807) is 0 Å². The zero-order valence-corrected chi connectivity index (χ0v) is 12.6. The molecule has 0 bridgehead atoms. The molecule has 0 aromatic heterocycles. The van der Waals surface area contributed by atoms with Crippen LogP contribution in [-0.2, 0) is 0 Å². The Hall–Kier alpha value is -0.380. The Labute approximate surface area is 113 Å². The lowest BCUT2D eigenvalue weighted by Crippen LogP contribution is -2.63. The highest BCUT2D eigenvalue weighted by Gasteiger charge is 2.35. The van der Waals surface area contributed by atoms with E-state index in [1.165, 1.54) is 19.3 Å². The quantitative estimate of drug-likeness (QED) is 0.481. The van der Waals surface area contributed by atoms with E-state index in [0.29, 0.717) is 6.04 Å². The second-order valence-electron chi connectivity index (χ2n) is 6.56. The maximum atomic E-state index is 5.49. The summed E-state index contributed by atoms with van der Waals surface area (Å²) in [5.74, 6) is 0. The molecule has 1 unspecified atom stereocenters. The molecule has 1 atom stereocenters. The summed E-state index contributed by atoms with van der Waals surface area (Å²) in [6, 6.07) is 0.417. The van der Waals surface area contributed by atoms with E-state index in [-0.39, 0.29) is 11.1 Å². The Morgan fingerprint density at radius 1 is 1.11 bits per heavy atom. The molecule has 0 aromatic carbocycles. The van der Waals surface area contributed by atoms with Crippen LogP contribution >= 0.6 is 0 Å². The van der Waals surface area contributed by atoms with Crippen LogP contribution < -0.4 is 16.4 Å². The van der Waals surface area contributed by atoms with Gasteiger partial charge in [-0.2, -0.15) is 0 Å². The number of unbranched alkanes of at least 4 members (excludes halogenated alkanes) is 3. The second kappa shape index (κ2) is 6.69. The van der Waals surface area contributed by atoms with Gasteiger partial charge < -0.3 is 16.4 Å². The van der Waals surface area contributed by atoms with E-state index in [9.17, 15) is 0 Å². The number of nitrogens with two attached hydrogens (primary N) is 1. The first kappa shape index (κ1) is 15.7. The van der Waals surface area contributed by atoms with Crippen molar-refractivity contribution >= 4 is 0 Å². The van der Waals surface area contributed by atoms with Crippen molar-refractivity contribution in [3.63, 3.8) is 0 Å².